The molecule has 1 aliphatic rings. The molecule has 1 heterocycles. The van der Waals surface area contributed by atoms with Gasteiger partial charge < -0.3 is 14.8 Å². The van der Waals surface area contributed by atoms with E-state index in [2.05, 4.69) is 5.32 Å². The van der Waals surface area contributed by atoms with Gasteiger partial charge in [0.05, 0.1) is 19.8 Å². The van der Waals surface area contributed by atoms with Crippen molar-refractivity contribution in [2.45, 2.75) is 20.3 Å². The second-order valence-corrected chi connectivity index (χ2v) is 5.01. The topological polar surface area (TPSA) is 64.6 Å². The SMILES string of the molecule is CC(C)C(=O)NCC(=O)c1ccc2c(c1)OCCCO2. The summed E-state index contributed by atoms with van der Waals surface area (Å²) in [7, 11) is 0. The molecule has 0 aromatic heterocycles. The van der Waals surface area contributed by atoms with E-state index in [0.717, 1.165) is 6.42 Å². The molecule has 0 unspecified atom stereocenters. The van der Waals surface area contributed by atoms with Crippen LogP contribution >= 0.6 is 0 Å². The van der Waals surface area contributed by atoms with E-state index >= 15 is 0 Å². The van der Waals surface area contributed by atoms with Crippen LogP contribution in [0.5, 0.6) is 11.5 Å². The smallest absolute Gasteiger partial charge is 0.222 e. The minimum Gasteiger partial charge on any atom is -0.490 e. The highest BCUT2D eigenvalue weighted by molar-refractivity contribution is 6.00. The molecule has 108 valence electrons. The van der Waals surface area contributed by atoms with E-state index in [4.69, 9.17) is 9.47 Å². The molecule has 0 atom stereocenters. The Labute approximate surface area is 118 Å². The van der Waals surface area contributed by atoms with Gasteiger partial charge in [-0.2, -0.15) is 0 Å². The van der Waals surface area contributed by atoms with E-state index in [1.54, 1.807) is 32.0 Å². The number of nitrogens with one attached hydrogen (secondary N) is 1. The Morgan fingerprint density at radius 2 is 1.90 bits per heavy atom. The molecule has 0 fully saturated rings. The van der Waals surface area contributed by atoms with Gasteiger partial charge in [0, 0.05) is 17.9 Å². The first kappa shape index (κ1) is 14.4. The second-order valence-electron chi connectivity index (χ2n) is 5.01. The Bertz CT molecular complexity index is 511. The summed E-state index contributed by atoms with van der Waals surface area (Å²) in [6, 6.07) is 5.10. The van der Waals surface area contributed by atoms with Crippen molar-refractivity contribution in [2.24, 2.45) is 5.92 Å². The van der Waals surface area contributed by atoms with Crippen LogP contribution in [0.25, 0.3) is 0 Å². The van der Waals surface area contributed by atoms with Crippen molar-refractivity contribution in [3.05, 3.63) is 23.8 Å². The third-order valence-corrected chi connectivity index (χ3v) is 3.02. The summed E-state index contributed by atoms with van der Waals surface area (Å²) in [6.07, 6.45) is 0.822. The summed E-state index contributed by atoms with van der Waals surface area (Å²) in [5.74, 6) is 0.836. The molecule has 1 aliphatic heterocycles. The summed E-state index contributed by atoms with van der Waals surface area (Å²) in [5.41, 5.74) is 0.512. The number of carbonyl (C=O) groups is 2. The number of amides is 1. The lowest BCUT2D eigenvalue weighted by molar-refractivity contribution is -0.123. The van der Waals surface area contributed by atoms with Gasteiger partial charge in [-0.15, -0.1) is 0 Å². The lowest BCUT2D eigenvalue weighted by Crippen LogP contribution is -2.32. The van der Waals surface area contributed by atoms with Gasteiger partial charge in [0.1, 0.15) is 0 Å². The zero-order valence-electron chi connectivity index (χ0n) is 11.8. The van der Waals surface area contributed by atoms with Crippen molar-refractivity contribution in [2.75, 3.05) is 19.8 Å². The van der Waals surface area contributed by atoms with Gasteiger partial charge in [0.2, 0.25) is 5.91 Å². The standard InChI is InChI=1S/C15H19NO4/c1-10(2)15(18)16-9-12(17)11-4-5-13-14(8-11)20-7-3-6-19-13/h4-5,8,10H,3,6-7,9H2,1-2H3,(H,16,18). The summed E-state index contributed by atoms with van der Waals surface area (Å²) >= 11 is 0. The maximum Gasteiger partial charge on any atom is 0.222 e. The van der Waals surface area contributed by atoms with E-state index in [1.165, 1.54) is 0 Å². The van der Waals surface area contributed by atoms with Crippen molar-refractivity contribution < 1.29 is 19.1 Å². The van der Waals surface area contributed by atoms with Crippen molar-refractivity contribution >= 4 is 11.7 Å². The normalized spacial score (nSPS) is 13.8. The second kappa shape index (κ2) is 6.41. The minimum absolute atomic E-state index is 0.00332. The van der Waals surface area contributed by atoms with Gasteiger partial charge in [0.25, 0.3) is 0 Å². The van der Waals surface area contributed by atoms with Gasteiger partial charge >= 0.3 is 0 Å². The Morgan fingerprint density at radius 1 is 1.20 bits per heavy atom. The molecule has 0 radical (unpaired) electrons. The first-order chi connectivity index (χ1) is 9.58. The minimum atomic E-state index is -0.144. The van der Waals surface area contributed by atoms with Crippen molar-refractivity contribution in [1.82, 2.24) is 5.32 Å². The van der Waals surface area contributed by atoms with Gasteiger partial charge in [-0.1, -0.05) is 13.8 Å². The van der Waals surface area contributed by atoms with Gasteiger partial charge in [-0.05, 0) is 18.2 Å². The maximum atomic E-state index is 12.0. The predicted molar refractivity (Wildman–Crippen MR) is 74.2 cm³/mol. The van der Waals surface area contributed by atoms with Crippen LogP contribution in [0.4, 0.5) is 0 Å². The number of fused-ring (bicyclic) bond motifs is 1. The number of hydrogen-bond donors (Lipinski definition) is 1. The Balaban J connectivity index is 2.03. The number of Topliss-reactive ketones (excluding diaryl/α,β-unsaturated/α-hetero) is 1. The summed E-state index contributed by atoms with van der Waals surface area (Å²) < 4.78 is 11.0. The number of benzene rings is 1. The summed E-state index contributed by atoms with van der Waals surface area (Å²) in [5, 5.41) is 2.61. The van der Waals surface area contributed by atoms with Gasteiger partial charge in [-0.25, -0.2) is 0 Å². The number of ketones is 1. The average molecular weight is 277 g/mol. The van der Waals surface area contributed by atoms with Gasteiger partial charge in [0.15, 0.2) is 17.3 Å². The Hall–Kier alpha value is -2.04. The van der Waals surface area contributed by atoms with Crippen LogP contribution in [0, 0.1) is 5.92 Å². The van der Waals surface area contributed by atoms with E-state index in [1.807, 2.05) is 0 Å². The molecule has 0 spiro atoms. The lowest BCUT2D eigenvalue weighted by atomic mass is 10.1. The molecule has 5 nitrogen and oxygen atoms in total. The highest BCUT2D eigenvalue weighted by Gasteiger charge is 2.15. The van der Waals surface area contributed by atoms with E-state index in [-0.39, 0.29) is 24.2 Å². The Morgan fingerprint density at radius 3 is 2.60 bits per heavy atom. The maximum absolute atomic E-state index is 12.0. The first-order valence-corrected chi connectivity index (χ1v) is 6.78. The number of carbonyl (C=O) groups excluding carboxylic acids is 2. The van der Waals surface area contributed by atoms with Crippen LogP contribution < -0.4 is 14.8 Å². The monoisotopic (exact) mass is 277 g/mol. The van der Waals surface area contributed by atoms with Crippen molar-refractivity contribution in [3.8, 4) is 11.5 Å². The van der Waals surface area contributed by atoms with Crippen LogP contribution in [0.15, 0.2) is 18.2 Å². The molecule has 20 heavy (non-hydrogen) atoms. The van der Waals surface area contributed by atoms with Crippen molar-refractivity contribution in [1.29, 1.82) is 0 Å². The molecule has 1 amide bonds. The van der Waals surface area contributed by atoms with Crippen molar-refractivity contribution in [3.63, 3.8) is 0 Å². The quantitative estimate of drug-likeness (QED) is 0.852. The number of ether oxygens (including phenoxy) is 2. The zero-order valence-corrected chi connectivity index (χ0v) is 11.8. The fraction of sp³-hybridized carbons (Fsp3) is 0.467. The first-order valence-electron chi connectivity index (χ1n) is 6.78. The average Bonchev–Trinajstić information content (AvgIpc) is 2.68. The third kappa shape index (κ3) is 3.50. The van der Waals surface area contributed by atoms with E-state index in [9.17, 15) is 9.59 Å². The molecule has 2 rings (SSSR count). The van der Waals surface area contributed by atoms with Crippen LogP contribution in [-0.4, -0.2) is 31.4 Å². The highest BCUT2D eigenvalue weighted by atomic mass is 16.5. The lowest BCUT2D eigenvalue weighted by Gasteiger charge is -2.10. The largest absolute Gasteiger partial charge is 0.490 e. The molecule has 1 aromatic carbocycles. The number of hydrogen-bond acceptors (Lipinski definition) is 4. The molecule has 5 heteroatoms. The molecule has 0 saturated carbocycles. The fourth-order valence-electron chi connectivity index (χ4n) is 1.81. The van der Waals surface area contributed by atoms with E-state index < -0.39 is 0 Å². The van der Waals surface area contributed by atoms with Crippen LogP contribution in [0.3, 0.4) is 0 Å². The van der Waals surface area contributed by atoms with Crippen LogP contribution in [-0.2, 0) is 4.79 Å². The molecule has 1 N–H and O–H groups in total. The highest BCUT2D eigenvalue weighted by Crippen LogP contribution is 2.30. The predicted octanol–water partition coefficient (Wildman–Crippen LogP) is 1.80. The molecule has 0 saturated heterocycles. The number of rotatable bonds is 4. The molecule has 0 bridgehead atoms. The van der Waals surface area contributed by atoms with Crippen LogP contribution in [0.2, 0.25) is 0 Å². The Kier molecular flexibility index (Phi) is 4.61. The molecule has 0 aliphatic carbocycles. The molecule has 1 aromatic rings. The summed E-state index contributed by atoms with van der Waals surface area (Å²) in [4.78, 5) is 23.5. The van der Waals surface area contributed by atoms with E-state index in [0.29, 0.717) is 30.3 Å². The van der Waals surface area contributed by atoms with Crippen LogP contribution in [0.1, 0.15) is 30.6 Å². The molecular weight excluding hydrogens is 258 g/mol. The molecular formula is C15H19NO4. The van der Waals surface area contributed by atoms with Gasteiger partial charge in [-0.3, -0.25) is 9.59 Å². The zero-order chi connectivity index (χ0) is 14.5. The summed E-state index contributed by atoms with van der Waals surface area (Å²) in [6.45, 7) is 4.76. The third-order valence-electron chi connectivity index (χ3n) is 3.02. The fourth-order valence-corrected chi connectivity index (χ4v) is 1.81.